The molecule has 2 fully saturated rings. The van der Waals surface area contributed by atoms with E-state index in [1.807, 2.05) is 12.1 Å². The minimum Gasteiger partial charge on any atom is -0.368 e. The number of nitrogens with one attached hydrogen (secondary N) is 2. The fourth-order valence-corrected chi connectivity index (χ4v) is 5.36. The molecule has 1 saturated heterocycles. The summed E-state index contributed by atoms with van der Waals surface area (Å²) < 4.78 is 41.1. The molecule has 3 heterocycles. The van der Waals surface area contributed by atoms with Gasteiger partial charge in [-0.3, -0.25) is 4.99 Å². The molecule has 2 N–H and O–H groups in total. The van der Waals surface area contributed by atoms with Gasteiger partial charge in [0.15, 0.2) is 5.70 Å². The van der Waals surface area contributed by atoms with Gasteiger partial charge in [0.2, 0.25) is 5.95 Å². The van der Waals surface area contributed by atoms with Gasteiger partial charge in [-0.2, -0.15) is 13.2 Å². The van der Waals surface area contributed by atoms with E-state index in [1.54, 1.807) is 6.20 Å². The minimum absolute atomic E-state index is 0.0168. The summed E-state index contributed by atoms with van der Waals surface area (Å²) in [7, 11) is 0. The predicted molar refractivity (Wildman–Crippen MR) is 127 cm³/mol. The van der Waals surface area contributed by atoms with Gasteiger partial charge in [-0.25, -0.2) is 15.0 Å². The number of thioether (sulfide) groups is 1. The van der Waals surface area contributed by atoms with E-state index in [1.165, 1.54) is 24.0 Å². The van der Waals surface area contributed by atoms with Crippen molar-refractivity contribution in [3.63, 3.8) is 0 Å². The van der Waals surface area contributed by atoms with Crippen molar-refractivity contribution in [3.05, 3.63) is 42.0 Å². The first-order valence-corrected chi connectivity index (χ1v) is 11.8. The Labute approximate surface area is 195 Å². The lowest BCUT2D eigenvalue weighted by atomic mass is 10.3. The zero-order chi connectivity index (χ0) is 23.3. The lowest BCUT2D eigenvalue weighted by Gasteiger charge is -2.29. The van der Waals surface area contributed by atoms with E-state index in [0.717, 1.165) is 57.5 Å². The monoisotopic (exact) mass is 477 g/mol. The summed E-state index contributed by atoms with van der Waals surface area (Å²) in [5, 5.41) is 6.41. The molecule has 0 bridgehead atoms. The van der Waals surface area contributed by atoms with Gasteiger partial charge in [-0.05, 0) is 37.8 Å². The third kappa shape index (κ3) is 6.02. The first-order chi connectivity index (χ1) is 15.9. The van der Waals surface area contributed by atoms with Gasteiger partial charge in [-0.15, -0.1) is 11.8 Å². The molecular weight excluding hydrogens is 451 g/mol. The van der Waals surface area contributed by atoms with Crippen LogP contribution in [-0.4, -0.2) is 59.3 Å². The van der Waals surface area contributed by atoms with Crippen LogP contribution in [-0.2, 0) is 0 Å². The Morgan fingerprint density at radius 3 is 2.55 bits per heavy atom. The number of nitrogens with zero attached hydrogens (tertiary/aromatic N) is 5. The molecule has 2 aliphatic rings. The van der Waals surface area contributed by atoms with E-state index in [9.17, 15) is 13.2 Å². The number of pyridine rings is 1. The van der Waals surface area contributed by atoms with Crippen LogP contribution in [0.5, 0.6) is 0 Å². The molecule has 33 heavy (non-hydrogen) atoms. The van der Waals surface area contributed by atoms with Crippen LogP contribution in [0.4, 0.5) is 30.6 Å². The van der Waals surface area contributed by atoms with Crippen LogP contribution in [0.1, 0.15) is 31.4 Å². The Bertz CT molecular complexity index is 982. The summed E-state index contributed by atoms with van der Waals surface area (Å²) in [6, 6.07) is 5.24. The van der Waals surface area contributed by atoms with Crippen molar-refractivity contribution in [3.8, 4) is 0 Å². The van der Waals surface area contributed by atoms with Crippen molar-refractivity contribution >= 4 is 40.8 Å². The highest BCUT2D eigenvalue weighted by molar-refractivity contribution is 8.08. The van der Waals surface area contributed by atoms with E-state index in [-0.39, 0.29) is 21.8 Å². The summed E-state index contributed by atoms with van der Waals surface area (Å²) in [5.41, 5.74) is 0.172. The van der Waals surface area contributed by atoms with Crippen molar-refractivity contribution in [2.45, 2.75) is 37.1 Å². The van der Waals surface area contributed by atoms with Gasteiger partial charge < -0.3 is 15.5 Å². The first-order valence-electron chi connectivity index (χ1n) is 10.9. The van der Waals surface area contributed by atoms with Crippen molar-refractivity contribution in [1.82, 2.24) is 20.3 Å². The van der Waals surface area contributed by atoms with Crippen molar-refractivity contribution in [2.24, 2.45) is 4.99 Å². The zero-order valence-electron chi connectivity index (χ0n) is 18.1. The van der Waals surface area contributed by atoms with Crippen LogP contribution in [0.2, 0.25) is 0 Å². The van der Waals surface area contributed by atoms with Gasteiger partial charge in [0, 0.05) is 37.6 Å². The Kier molecular flexibility index (Phi) is 7.49. The number of halogens is 3. The molecule has 4 rings (SSSR count). The van der Waals surface area contributed by atoms with E-state index in [0.29, 0.717) is 5.82 Å². The van der Waals surface area contributed by atoms with Crippen molar-refractivity contribution < 1.29 is 13.2 Å². The molecule has 7 nitrogen and oxygen atoms in total. The maximum Gasteiger partial charge on any atom is 0.434 e. The summed E-state index contributed by atoms with van der Waals surface area (Å²) in [4.78, 5) is 18.5. The smallest absolute Gasteiger partial charge is 0.368 e. The van der Waals surface area contributed by atoms with Crippen LogP contribution in [0.15, 0.2) is 41.3 Å². The Morgan fingerprint density at radius 1 is 1.15 bits per heavy atom. The molecule has 0 unspecified atom stereocenters. The van der Waals surface area contributed by atoms with Crippen LogP contribution < -0.4 is 15.5 Å². The second-order valence-electron chi connectivity index (χ2n) is 7.89. The van der Waals surface area contributed by atoms with E-state index < -0.39 is 11.9 Å². The van der Waals surface area contributed by atoms with Crippen molar-refractivity contribution in [1.29, 1.82) is 0 Å². The normalized spacial score (nSPS) is 18.2. The summed E-state index contributed by atoms with van der Waals surface area (Å²) >= 11 is 1.18. The zero-order valence-corrected chi connectivity index (χ0v) is 18.9. The lowest BCUT2D eigenvalue weighted by Crippen LogP contribution is -2.43. The minimum atomic E-state index is -4.62. The fourth-order valence-electron chi connectivity index (χ4n) is 3.93. The molecule has 0 aromatic carbocycles. The molecule has 0 radical (unpaired) electrons. The Morgan fingerprint density at radius 2 is 1.91 bits per heavy atom. The summed E-state index contributed by atoms with van der Waals surface area (Å²) in [5.74, 6) is 0.683. The maximum absolute atomic E-state index is 13.7. The molecule has 1 aliphatic carbocycles. The van der Waals surface area contributed by atoms with Gasteiger partial charge in [0.25, 0.3) is 0 Å². The molecular formula is C22H26F3N7S. The molecule has 0 atom stereocenters. The van der Waals surface area contributed by atoms with Crippen LogP contribution in [0.3, 0.4) is 0 Å². The second-order valence-corrected chi connectivity index (χ2v) is 9.20. The van der Waals surface area contributed by atoms with Gasteiger partial charge in [0.05, 0.1) is 22.5 Å². The average Bonchev–Trinajstić information content (AvgIpc) is 3.33. The average molecular weight is 478 g/mol. The number of aliphatic imine (C=N–C) groups is 1. The number of hydrogen-bond donors (Lipinski definition) is 2. The topological polar surface area (TPSA) is 78.3 Å². The molecule has 2 aromatic rings. The highest BCUT2D eigenvalue weighted by Gasteiger charge is 2.38. The van der Waals surface area contributed by atoms with Crippen molar-refractivity contribution in [2.75, 3.05) is 36.4 Å². The van der Waals surface area contributed by atoms with E-state index >= 15 is 0 Å². The van der Waals surface area contributed by atoms with E-state index in [2.05, 4.69) is 42.2 Å². The first kappa shape index (κ1) is 23.5. The summed E-state index contributed by atoms with van der Waals surface area (Å²) in [6.07, 6.45) is 2.35. The fraction of sp³-hybridized carbons (Fsp3) is 0.455. The lowest BCUT2D eigenvalue weighted by molar-refractivity contribution is -0.0914. The largest absolute Gasteiger partial charge is 0.434 e. The second kappa shape index (κ2) is 10.5. The molecule has 176 valence electrons. The number of aromatic nitrogens is 3. The molecule has 1 aliphatic heterocycles. The number of hydrogen-bond acceptors (Lipinski definition) is 8. The van der Waals surface area contributed by atoms with E-state index in [4.69, 9.17) is 0 Å². The number of anilines is 3. The molecule has 1 saturated carbocycles. The Hall–Kier alpha value is -2.66. The molecule has 2 aromatic heterocycles. The highest BCUT2D eigenvalue weighted by Crippen LogP contribution is 2.44. The standard InChI is InChI=1S/C22H26F3N7S/c1-26-20(22(23,24)25)19(33-16-4-2-3-5-16)17-8-9-28-21(30-17)31-18-7-6-15(14-29-18)32-12-10-27-11-13-32/h6-9,14,16,27H,1-5,10-13H2,(H,28,29,30,31)/b20-19-. The number of piperazine rings is 1. The Balaban J connectivity index is 1.56. The van der Waals surface area contributed by atoms with Crippen LogP contribution in [0.25, 0.3) is 4.91 Å². The summed E-state index contributed by atoms with van der Waals surface area (Å²) in [6.45, 7) is 6.84. The quantitative estimate of drug-likeness (QED) is 0.563. The van der Waals surface area contributed by atoms with Crippen LogP contribution >= 0.6 is 11.8 Å². The van der Waals surface area contributed by atoms with Gasteiger partial charge in [0.1, 0.15) is 5.82 Å². The molecule has 0 amide bonds. The number of rotatable bonds is 7. The number of alkyl halides is 3. The highest BCUT2D eigenvalue weighted by atomic mass is 32.2. The molecule has 11 heteroatoms. The van der Waals surface area contributed by atoms with Gasteiger partial charge in [-0.1, -0.05) is 12.8 Å². The third-order valence-electron chi connectivity index (χ3n) is 5.59. The SMILES string of the molecule is C=N/C(=C(\SC1CCCC1)c1ccnc(Nc2ccc(N3CCNCC3)cn2)n1)C(F)(F)F. The molecule has 0 spiro atoms. The van der Waals surface area contributed by atoms with Gasteiger partial charge >= 0.3 is 6.18 Å². The predicted octanol–water partition coefficient (Wildman–Crippen LogP) is 4.63. The third-order valence-corrected chi connectivity index (χ3v) is 7.03. The van der Waals surface area contributed by atoms with Crippen LogP contribution in [0, 0.1) is 0 Å². The number of allylic oxidation sites excluding steroid dienone is 1. The maximum atomic E-state index is 13.7.